The minimum absolute atomic E-state index is 0.141. The maximum atomic E-state index is 10.9. The van der Waals surface area contributed by atoms with E-state index in [4.69, 9.17) is 9.84 Å². The first-order valence-electron chi connectivity index (χ1n) is 4.64. The number of rotatable bonds is 3. The van der Waals surface area contributed by atoms with E-state index in [1.165, 1.54) is 12.3 Å². The van der Waals surface area contributed by atoms with Crippen LogP contribution in [0.3, 0.4) is 0 Å². The van der Waals surface area contributed by atoms with Crippen LogP contribution in [0.5, 0.6) is 11.6 Å². The van der Waals surface area contributed by atoms with Crippen LogP contribution in [0.25, 0.3) is 0 Å². The highest BCUT2D eigenvalue weighted by molar-refractivity contribution is 9.10. The molecule has 2 heterocycles. The standard InChI is InChI=1S/C11H7BrN2O3/c12-7-3-4-9(14-6-7)17-8-2-1-5-13-10(8)11(15)16/h1-6H,(H,15,16). The Hall–Kier alpha value is -1.95. The Labute approximate surface area is 105 Å². The third-order valence-electron chi connectivity index (χ3n) is 1.89. The molecule has 0 bridgehead atoms. The summed E-state index contributed by atoms with van der Waals surface area (Å²) in [7, 11) is 0. The van der Waals surface area contributed by atoms with Gasteiger partial charge in [-0.1, -0.05) is 0 Å². The molecule has 2 aromatic heterocycles. The zero-order valence-electron chi connectivity index (χ0n) is 8.50. The molecular weight excluding hydrogens is 288 g/mol. The van der Waals surface area contributed by atoms with Crippen LogP contribution in [0, 0.1) is 0 Å². The van der Waals surface area contributed by atoms with Gasteiger partial charge in [0.25, 0.3) is 0 Å². The van der Waals surface area contributed by atoms with Gasteiger partial charge in [-0.25, -0.2) is 14.8 Å². The van der Waals surface area contributed by atoms with Gasteiger partial charge >= 0.3 is 5.97 Å². The Bertz CT molecular complexity index is 543. The predicted molar refractivity (Wildman–Crippen MR) is 63.2 cm³/mol. The summed E-state index contributed by atoms with van der Waals surface area (Å²) in [6.07, 6.45) is 2.96. The number of carboxylic acid groups (broad SMARTS) is 1. The number of aromatic nitrogens is 2. The van der Waals surface area contributed by atoms with Gasteiger partial charge in [0.1, 0.15) is 0 Å². The Kier molecular flexibility index (Phi) is 3.34. The number of aromatic carboxylic acids is 1. The number of pyridine rings is 2. The second kappa shape index (κ2) is 4.92. The first-order valence-corrected chi connectivity index (χ1v) is 5.44. The first kappa shape index (κ1) is 11.5. The highest BCUT2D eigenvalue weighted by atomic mass is 79.9. The number of hydrogen-bond donors (Lipinski definition) is 1. The van der Waals surface area contributed by atoms with Gasteiger partial charge in [0.15, 0.2) is 11.4 Å². The summed E-state index contributed by atoms with van der Waals surface area (Å²) < 4.78 is 6.16. The fraction of sp³-hybridized carbons (Fsp3) is 0. The average Bonchev–Trinajstić information content (AvgIpc) is 2.32. The van der Waals surface area contributed by atoms with E-state index in [1.54, 1.807) is 24.4 Å². The van der Waals surface area contributed by atoms with Crippen LogP contribution < -0.4 is 4.74 Å². The van der Waals surface area contributed by atoms with Crippen molar-refractivity contribution in [3.63, 3.8) is 0 Å². The summed E-state index contributed by atoms with van der Waals surface area (Å²) >= 11 is 3.24. The third kappa shape index (κ3) is 2.79. The zero-order chi connectivity index (χ0) is 12.3. The molecule has 0 fully saturated rings. The molecule has 0 unspecified atom stereocenters. The van der Waals surface area contributed by atoms with E-state index < -0.39 is 5.97 Å². The Balaban J connectivity index is 2.30. The van der Waals surface area contributed by atoms with Gasteiger partial charge in [0.2, 0.25) is 5.88 Å². The fourth-order valence-electron chi connectivity index (χ4n) is 1.17. The largest absolute Gasteiger partial charge is 0.476 e. The molecule has 0 aromatic carbocycles. The van der Waals surface area contributed by atoms with Gasteiger partial charge in [-0.3, -0.25) is 0 Å². The monoisotopic (exact) mass is 294 g/mol. The number of halogens is 1. The van der Waals surface area contributed by atoms with E-state index in [2.05, 4.69) is 25.9 Å². The molecule has 0 aliphatic heterocycles. The Morgan fingerprint density at radius 2 is 2.12 bits per heavy atom. The molecule has 0 spiro atoms. The molecule has 0 amide bonds. The van der Waals surface area contributed by atoms with Crippen molar-refractivity contribution in [2.45, 2.75) is 0 Å². The topological polar surface area (TPSA) is 72.3 Å². The Morgan fingerprint density at radius 3 is 2.76 bits per heavy atom. The van der Waals surface area contributed by atoms with Gasteiger partial charge in [-0.15, -0.1) is 0 Å². The van der Waals surface area contributed by atoms with Crippen molar-refractivity contribution in [2.75, 3.05) is 0 Å². The minimum Gasteiger partial charge on any atom is -0.476 e. The maximum absolute atomic E-state index is 10.9. The number of nitrogens with zero attached hydrogens (tertiary/aromatic N) is 2. The molecular formula is C11H7BrN2O3. The van der Waals surface area contributed by atoms with Crippen molar-refractivity contribution in [2.24, 2.45) is 0 Å². The summed E-state index contributed by atoms with van der Waals surface area (Å²) in [5.74, 6) is -0.670. The van der Waals surface area contributed by atoms with Crippen molar-refractivity contribution in [3.8, 4) is 11.6 Å². The quantitative estimate of drug-likeness (QED) is 0.942. The molecule has 5 nitrogen and oxygen atoms in total. The van der Waals surface area contributed by atoms with E-state index in [1.807, 2.05) is 0 Å². The number of carbonyl (C=O) groups is 1. The second-order valence-corrected chi connectivity index (χ2v) is 3.99. The van der Waals surface area contributed by atoms with Gasteiger partial charge in [-0.05, 0) is 34.1 Å². The molecule has 2 aromatic rings. The molecule has 6 heteroatoms. The lowest BCUT2D eigenvalue weighted by Gasteiger charge is -2.06. The summed E-state index contributed by atoms with van der Waals surface area (Å²) in [6.45, 7) is 0. The number of ether oxygens (including phenoxy) is 1. The Morgan fingerprint density at radius 1 is 1.29 bits per heavy atom. The molecule has 0 saturated heterocycles. The van der Waals surface area contributed by atoms with E-state index in [9.17, 15) is 4.79 Å². The number of hydrogen-bond acceptors (Lipinski definition) is 4. The van der Waals surface area contributed by atoms with Crippen LogP contribution in [-0.4, -0.2) is 21.0 Å². The van der Waals surface area contributed by atoms with Crippen molar-refractivity contribution in [1.29, 1.82) is 0 Å². The molecule has 0 atom stereocenters. The van der Waals surface area contributed by atoms with E-state index in [-0.39, 0.29) is 11.4 Å². The maximum Gasteiger partial charge on any atom is 0.358 e. The predicted octanol–water partition coefficient (Wildman–Crippen LogP) is 2.73. The van der Waals surface area contributed by atoms with E-state index in [0.717, 1.165) is 4.47 Å². The van der Waals surface area contributed by atoms with Crippen LogP contribution in [0.15, 0.2) is 41.1 Å². The highest BCUT2D eigenvalue weighted by Crippen LogP contribution is 2.22. The van der Waals surface area contributed by atoms with Crippen molar-refractivity contribution in [1.82, 2.24) is 9.97 Å². The average molecular weight is 295 g/mol. The zero-order valence-corrected chi connectivity index (χ0v) is 10.1. The van der Waals surface area contributed by atoms with Crippen LogP contribution in [0.2, 0.25) is 0 Å². The molecule has 0 radical (unpaired) electrons. The third-order valence-corrected chi connectivity index (χ3v) is 2.36. The molecule has 2 rings (SSSR count). The molecule has 17 heavy (non-hydrogen) atoms. The fourth-order valence-corrected chi connectivity index (χ4v) is 1.40. The summed E-state index contributed by atoms with van der Waals surface area (Å²) in [5, 5.41) is 8.92. The molecule has 0 saturated carbocycles. The molecule has 0 aliphatic carbocycles. The van der Waals surface area contributed by atoms with Crippen molar-refractivity contribution >= 4 is 21.9 Å². The smallest absolute Gasteiger partial charge is 0.358 e. The summed E-state index contributed by atoms with van der Waals surface area (Å²) in [4.78, 5) is 18.6. The van der Waals surface area contributed by atoms with E-state index >= 15 is 0 Å². The number of carboxylic acids is 1. The van der Waals surface area contributed by atoms with Crippen LogP contribution >= 0.6 is 15.9 Å². The van der Waals surface area contributed by atoms with Crippen LogP contribution in [0.1, 0.15) is 10.5 Å². The van der Waals surface area contributed by atoms with Gasteiger partial charge in [0, 0.05) is 22.9 Å². The van der Waals surface area contributed by atoms with Gasteiger partial charge < -0.3 is 9.84 Å². The summed E-state index contributed by atoms with van der Waals surface area (Å²) in [6, 6.07) is 6.50. The van der Waals surface area contributed by atoms with E-state index in [0.29, 0.717) is 5.88 Å². The lowest BCUT2D eigenvalue weighted by atomic mass is 10.3. The first-order chi connectivity index (χ1) is 8.16. The van der Waals surface area contributed by atoms with Gasteiger partial charge in [0.05, 0.1) is 0 Å². The lowest BCUT2D eigenvalue weighted by molar-refractivity contribution is 0.0687. The summed E-state index contributed by atoms with van der Waals surface area (Å²) in [5.41, 5.74) is -0.141. The SMILES string of the molecule is O=C(O)c1ncccc1Oc1ccc(Br)cn1. The van der Waals surface area contributed by atoms with Crippen LogP contribution in [-0.2, 0) is 0 Å². The lowest BCUT2D eigenvalue weighted by Crippen LogP contribution is -2.03. The molecule has 86 valence electrons. The molecule has 1 N–H and O–H groups in total. The normalized spacial score (nSPS) is 9.94. The van der Waals surface area contributed by atoms with Crippen molar-refractivity contribution < 1.29 is 14.6 Å². The second-order valence-electron chi connectivity index (χ2n) is 3.07. The molecule has 0 aliphatic rings. The van der Waals surface area contributed by atoms with Crippen LogP contribution in [0.4, 0.5) is 0 Å². The minimum atomic E-state index is -1.14. The van der Waals surface area contributed by atoms with Gasteiger partial charge in [-0.2, -0.15) is 0 Å². The van der Waals surface area contributed by atoms with Crippen molar-refractivity contribution in [3.05, 3.63) is 46.8 Å². The highest BCUT2D eigenvalue weighted by Gasteiger charge is 2.13.